The lowest BCUT2D eigenvalue weighted by Crippen LogP contribution is -2.14. The van der Waals surface area contributed by atoms with Gasteiger partial charge in [0.25, 0.3) is 0 Å². The first-order chi connectivity index (χ1) is 12.7. The molecule has 0 amide bonds. The zero-order valence-corrected chi connectivity index (χ0v) is 17.5. The van der Waals surface area contributed by atoms with E-state index in [1.54, 1.807) is 0 Å². The first kappa shape index (κ1) is 22.8. The van der Waals surface area contributed by atoms with Crippen molar-refractivity contribution in [2.75, 3.05) is 21.3 Å². The number of epoxide rings is 1. The molecule has 5 nitrogen and oxygen atoms in total. The Morgan fingerprint density at radius 3 is 2.19 bits per heavy atom. The minimum Gasteiger partial charge on any atom is -0.493 e. The van der Waals surface area contributed by atoms with Crippen LogP contribution in [0.25, 0.3) is 0 Å². The highest BCUT2D eigenvalue weighted by molar-refractivity contribution is 5.83. The fourth-order valence-electron chi connectivity index (χ4n) is 2.80. The van der Waals surface area contributed by atoms with Gasteiger partial charge in [0.1, 0.15) is 6.10 Å². The Labute approximate surface area is 163 Å². The van der Waals surface area contributed by atoms with Gasteiger partial charge < -0.3 is 18.9 Å². The zero-order valence-electron chi connectivity index (χ0n) is 17.5. The fraction of sp³-hybridized carbons (Fsp3) is 0.500. The molecule has 0 N–H and O–H groups in total. The van der Waals surface area contributed by atoms with Crippen LogP contribution in [0.5, 0.6) is 0 Å². The van der Waals surface area contributed by atoms with E-state index in [9.17, 15) is 4.79 Å². The van der Waals surface area contributed by atoms with E-state index in [-0.39, 0.29) is 11.7 Å². The number of esters is 1. The van der Waals surface area contributed by atoms with Crippen molar-refractivity contribution in [3.63, 3.8) is 0 Å². The number of hydrogen-bond acceptors (Lipinski definition) is 5. The second kappa shape index (κ2) is 10.2. The maximum atomic E-state index is 11.4. The number of methoxy groups -OCH3 is 3. The number of rotatable bonds is 10. The van der Waals surface area contributed by atoms with Crippen LogP contribution >= 0.6 is 0 Å². The van der Waals surface area contributed by atoms with Crippen molar-refractivity contribution in [1.29, 1.82) is 0 Å². The molecule has 0 spiro atoms. The third-order valence-corrected chi connectivity index (χ3v) is 4.74. The van der Waals surface area contributed by atoms with Gasteiger partial charge in [-0.25, -0.2) is 4.79 Å². The molecule has 0 aromatic heterocycles. The van der Waals surface area contributed by atoms with Gasteiger partial charge in [-0.2, -0.15) is 0 Å². The molecule has 0 saturated carbocycles. The summed E-state index contributed by atoms with van der Waals surface area (Å²) in [7, 11) is 4.31. The summed E-state index contributed by atoms with van der Waals surface area (Å²) in [5.74, 6) is 0.641. The van der Waals surface area contributed by atoms with Crippen LogP contribution in [0.15, 0.2) is 59.6 Å². The lowest BCUT2D eigenvalue weighted by atomic mass is 9.89. The van der Waals surface area contributed by atoms with Crippen molar-refractivity contribution in [3.05, 3.63) is 59.6 Å². The van der Waals surface area contributed by atoms with Gasteiger partial charge in [0.05, 0.1) is 33.0 Å². The third kappa shape index (κ3) is 6.75. The van der Waals surface area contributed by atoms with Crippen LogP contribution in [0.4, 0.5) is 0 Å². The van der Waals surface area contributed by atoms with E-state index in [1.165, 1.54) is 33.0 Å². The smallest absolute Gasteiger partial charge is 0.334 e. The fourth-order valence-corrected chi connectivity index (χ4v) is 2.80. The van der Waals surface area contributed by atoms with Crippen LogP contribution in [-0.2, 0) is 23.7 Å². The van der Waals surface area contributed by atoms with E-state index in [0.29, 0.717) is 17.4 Å². The Balaban J connectivity index is 2.87. The van der Waals surface area contributed by atoms with E-state index >= 15 is 0 Å². The van der Waals surface area contributed by atoms with Crippen LogP contribution in [0.3, 0.4) is 0 Å². The largest absolute Gasteiger partial charge is 0.493 e. The predicted molar refractivity (Wildman–Crippen MR) is 107 cm³/mol. The molecule has 1 fully saturated rings. The molecule has 1 heterocycles. The molecule has 27 heavy (non-hydrogen) atoms. The van der Waals surface area contributed by atoms with Crippen molar-refractivity contribution in [1.82, 2.24) is 0 Å². The van der Waals surface area contributed by atoms with Gasteiger partial charge in [-0.1, -0.05) is 30.7 Å². The van der Waals surface area contributed by atoms with Crippen molar-refractivity contribution in [2.24, 2.45) is 5.92 Å². The molecular weight excluding hydrogens is 344 g/mol. The van der Waals surface area contributed by atoms with Crippen molar-refractivity contribution in [3.8, 4) is 0 Å². The first-order valence-electron chi connectivity index (χ1n) is 8.95. The molecule has 1 unspecified atom stereocenters. The quantitative estimate of drug-likeness (QED) is 0.140. The Morgan fingerprint density at radius 2 is 1.70 bits per heavy atom. The number of hydrogen-bond donors (Lipinski definition) is 0. The van der Waals surface area contributed by atoms with E-state index in [2.05, 4.69) is 38.2 Å². The first-order valence-corrected chi connectivity index (χ1v) is 8.95. The molecule has 0 aromatic rings. The van der Waals surface area contributed by atoms with Crippen LogP contribution in [-0.4, -0.2) is 39.0 Å². The van der Waals surface area contributed by atoms with Gasteiger partial charge >= 0.3 is 5.97 Å². The Kier molecular flexibility index (Phi) is 8.57. The molecule has 1 aliphatic rings. The lowest BCUT2D eigenvalue weighted by Gasteiger charge is -2.15. The average Bonchev–Trinajstić information content (AvgIpc) is 3.31. The van der Waals surface area contributed by atoms with Crippen molar-refractivity contribution >= 4 is 5.97 Å². The highest BCUT2D eigenvalue weighted by atomic mass is 16.6. The number of carbonyl (C=O) groups is 1. The summed E-state index contributed by atoms with van der Waals surface area (Å²) in [5.41, 5.74) is 2.13. The van der Waals surface area contributed by atoms with Gasteiger partial charge in [-0.15, -0.1) is 6.58 Å². The molecule has 1 rings (SSSR count). The average molecular weight is 376 g/mol. The Morgan fingerprint density at radius 1 is 1.11 bits per heavy atom. The monoisotopic (exact) mass is 376 g/mol. The second-order valence-electron chi connectivity index (χ2n) is 6.96. The zero-order chi connectivity index (χ0) is 20.6. The highest BCUT2D eigenvalue weighted by Gasteiger charge is 2.50. The standard InChI is InChI=1S/C22H32O5/c1-9-20-22(5,27-20)14-17(4)16(3)11-10-15(2)12-18(24-6)19(25-7)13-21(23)26-8/h9-13,17,20H,1,14H2,2-8H3/b15-10-,16-11+,18-12-,19-13+/t17?,20-,22-/m1/s1. The summed E-state index contributed by atoms with van der Waals surface area (Å²) in [6, 6.07) is 0. The number of allylic oxidation sites excluding steroid dienone is 5. The molecule has 1 saturated heterocycles. The minimum atomic E-state index is -0.505. The van der Waals surface area contributed by atoms with Gasteiger partial charge in [0.2, 0.25) is 0 Å². The van der Waals surface area contributed by atoms with Crippen molar-refractivity contribution in [2.45, 2.75) is 45.8 Å². The molecule has 5 heteroatoms. The van der Waals surface area contributed by atoms with Crippen LogP contribution in [0, 0.1) is 5.92 Å². The van der Waals surface area contributed by atoms with Crippen LogP contribution < -0.4 is 0 Å². The molecule has 1 aliphatic heterocycles. The summed E-state index contributed by atoms with van der Waals surface area (Å²) >= 11 is 0. The van der Waals surface area contributed by atoms with Crippen molar-refractivity contribution < 1.29 is 23.7 Å². The lowest BCUT2D eigenvalue weighted by molar-refractivity contribution is -0.135. The SMILES string of the molecule is C=C[C@H]1O[C@]1(C)CC(C)/C(C)=C/C=C(C)\C=C(OC)\C(=C/C(=O)OC)OC. The normalized spacial score (nSPS) is 24.9. The van der Waals surface area contributed by atoms with Gasteiger partial charge in [-0.3, -0.25) is 0 Å². The molecule has 3 atom stereocenters. The number of carbonyl (C=O) groups excluding carboxylic acids is 1. The summed E-state index contributed by atoms with van der Waals surface area (Å²) in [6.45, 7) is 12.2. The van der Waals surface area contributed by atoms with Crippen LogP contribution in [0.1, 0.15) is 34.1 Å². The predicted octanol–water partition coefficient (Wildman–Crippen LogP) is 4.48. The molecule has 0 aliphatic carbocycles. The van der Waals surface area contributed by atoms with Gasteiger partial charge in [0.15, 0.2) is 11.5 Å². The van der Waals surface area contributed by atoms with E-state index in [1.807, 2.05) is 25.2 Å². The Bertz CT molecular complexity index is 668. The third-order valence-electron chi connectivity index (χ3n) is 4.74. The molecule has 150 valence electrons. The summed E-state index contributed by atoms with van der Waals surface area (Å²) in [4.78, 5) is 11.4. The molecule has 0 aromatic carbocycles. The highest BCUT2D eigenvalue weighted by Crippen LogP contribution is 2.43. The maximum Gasteiger partial charge on any atom is 0.334 e. The topological polar surface area (TPSA) is 57.3 Å². The van der Waals surface area contributed by atoms with E-state index in [0.717, 1.165) is 12.0 Å². The molecular formula is C22H32O5. The molecule has 0 radical (unpaired) electrons. The van der Waals surface area contributed by atoms with Gasteiger partial charge in [0, 0.05) is 0 Å². The van der Waals surface area contributed by atoms with E-state index < -0.39 is 5.97 Å². The van der Waals surface area contributed by atoms with E-state index in [4.69, 9.17) is 14.2 Å². The van der Waals surface area contributed by atoms with Crippen LogP contribution in [0.2, 0.25) is 0 Å². The number of ether oxygens (including phenoxy) is 4. The minimum absolute atomic E-state index is 0.0931. The second-order valence-corrected chi connectivity index (χ2v) is 6.96. The summed E-state index contributed by atoms with van der Waals surface area (Å²) in [5, 5.41) is 0. The summed E-state index contributed by atoms with van der Waals surface area (Å²) in [6.07, 6.45) is 10.1. The van der Waals surface area contributed by atoms with Gasteiger partial charge in [-0.05, 0) is 44.8 Å². The Hall–Kier alpha value is -2.27. The maximum absolute atomic E-state index is 11.4. The molecule has 0 bridgehead atoms. The summed E-state index contributed by atoms with van der Waals surface area (Å²) < 4.78 is 20.9.